The number of carbonyl (C=O) groups excluding carboxylic acids is 1. The lowest BCUT2D eigenvalue weighted by atomic mass is 9.97. The number of nitrogens with zero attached hydrogens (tertiary/aromatic N) is 1. The van der Waals surface area contributed by atoms with E-state index in [4.69, 9.17) is 0 Å². The van der Waals surface area contributed by atoms with E-state index < -0.39 is 33.6 Å². The third kappa shape index (κ3) is 4.50. The predicted octanol–water partition coefficient (Wildman–Crippen LogP) is 3.81. The van der Waals surface area contributed by atoms with Crippen LogP contribution in [0.2, 0.25) is 0 Å². The van der Waals surface area contributed by atoms with Gasteiger partial charge < -0.3 is 5.32 Å². The van der Waals surface area contributed by atoms with E-state index >= 15 is 0 Å². The van der Waals surface area contributed by atoms with Crippen LogP contribution < -0.4 is 5.32 Å². The van der Waals surface area contributed by atoms with Gasteiger partial charge in [0.25, 0.3) is 10.0 Å². The summed E-state index contributed by atoms with van der Waals surface area (Å²) < 4.78 is 64.8. The summed E-state index contributed by atoms with van der Waals surface area (Å²) in [5.41, 5.74) is -0.763. The molecule has 1 aromatic heterocycles. The van der Waals surface area contributed by atoms with Crippen molar-refractivity contribution in [2.45, 2.75) is 23.2 Å². The Kier molecular flexibility index (Phi) is 5.59. The molecule has 0 radical (unpaired) electrons. The largest absolute Gasteiger partial charge is 0.416 e. The molecular weight excluding hydrogens is 401 g/mol. The van der Waals surface area contributed by atoms with Crippen molar-refractivity contribution in [3.05, 3.63) is 47.3 Å². The Morgan fingerprint density at radius 2 is 1.85 bits per heavy atom. The molecule has 3 rings (SSSR count). The molecule has 2 heterocycles. The monoisotopic (exact) mass is 418 g/mol. The minimum Gasteiger partial charge on any atom is -0.326 e. The summed E-state index contributed by atoms with van der Waals surface area (Å²) in [5, 5.41) is 4.18. The maximum absolute atomic E-state index is 12.8. The number of anilines is 1. The van der Waals surface area contributed by atoms with Gasteiger partial charge in [0, 0.05) is 24.7 Å². The Labute approximate surface area is 158 Å². The van der Waals surface area contributed by atoms with Gasteiger partial charge >= 0.3 is 6.18 Å². The summed E-state index contributed by atoms with van der Waals surface area (Å²) in [6.45, 7) is 0.391. The van der Waals surface area contributed by atoms with E-state index in [0.717, 1.165) is 23.5 Å². The summed E-state index contributed by atoms with van der Waals surface area (Å²) in [6, 6.07) is 7.63. The Hall–Kier alpha value is -1.91. The molecule has 10 heteroatoms. The summed E-state index contributed by atoms with van der Waals surface area (Å²) >= 11 is 1.13. The van der Waals surface area contributed by atoms with Gasteiger partial charge in [-0.1, -0.05) is 12.1 Å². The molecule has 0 aliphatic carbocycles. The fourth-order valence-corrected chi connectivity index (χ4v) is 5.53. The number of benzene rings is 1. The molecule has 1 aliphatic rings. The Morgan fingerprint density at radius 3 is 2.44 bits per heavy atom. The molecule has 1 amide bonds. The first-order valence-corrected chi connectivity index (χ1v) is 10.5. The highest BCUT2D eigenvalue weighted by atomic mass is 32.2. The highest BCUT2D eigenvalue weighted by molar-refractivity contribution is 7.91. The van der Waals surface area contributed by atoms with Crippen LogP contribution in [0, 0.1) is 5.92 Å². The number of alkyl halides is 3. The van der Waals surface area contributed by atoms with Gasteiger partial charge in [-0.25, -0.2) is 8.42 Å². The quantitative estimate of drug-likeness (QED) is 0.821. The average Bonchev–Trinajstić information content (AvgIpc) is 3.17. The number of rotatable bonds is 4. The summed E-state index contributed by atoms with van der Waals surface area (Å²) in [5.74, 6) is -0.850. The minimum atomic E-state index is -4.48. The first kappa shape index (κ1) is 19.8. The Morgan fingerprint density at radius 1 is 1.15 bits per heavy atom. The SMILES string of the molecule is O=C(Nc1cccc(C(F)(F)F)c1)C1CCN(S(=O)(=O)c2cccs2)CC1. The molecule has 0 atom stereocenters. The summed E-state index contributed by atoms with van der Waals surface area (Å²) in [6.07, 6.45) is -3.85. The molecule has 1 fully saturated rings. The molecule has 1 N–H and O–H groups in total. The smallest absolute Gasteiger partial charge is 0.326 e. The molecule has 0 unspecified atom stereocenters. The van der Waals surface area contributed by atoms with Crippen molar-refractivity contribution in [3.8, 4) is 0 Å². The molecule has 0 spiro atoms. The van der Waals surface area contributed by atoms with E-state index in [1.165, 1.54) is 22.5 Å². The predicted molar refractivity (Wildman–Crippen MR) is 95.9 cm³/mol. The summed E-state index contributed by atoms with van der Waals surface area (Å²) in [4.78, 5) is 12.4. The molecule has 0 saturated carbocycles. The Bertz CT molecular complexity index is 904. The van der Waals surface area contributed by atoms with E-state index in [2.05, 4.69) is 5.32 Å². The molecule has 146 valence electrons. The Balaban J connectivity index is 1.61. The second-order valence-corrected chi connectivity index (χ2v) is 9.29. The first-order valence-electron chi connectivity index (χ1n) is 8.20. The third-order valence-electron chi connectivity index (χ3n) is 4.37. The molecule has 1 aromatic carbocycles. The molecule has 1 saturated heterocycles. The number of thiophene rings is 1. The van der Waals surface area contributed by atoms with Crippen molar-refractivity contribution >= 4 is 33.0 Å². The minimum absolute atomic E-state index is 0.0726. The van der Waals surface area contributed by atoms with Crippen molar-refractivity contribution < 1.29 is 26.4 Å². The van der Waals surface area contributed by atoms with Gasteiger partial charge in [0.15, 0.2) is 0 Å². The number of nitrogens with one attached hydrogen (secondary N) is 1. The van der Waals surface area contributed by atoms with Crippen LogP contribution in [0.5, 0.6) is 0 Å². The lowest BCUT2D eigenvalue weighted by molar-refractivity contribution is -0.137. The van der Waals surface area contributed by atoms with E-state index in [1.54, 1.807) is 11.4 Å². The van der Waals surface area contributed by atoms with Gasteiger partial charge in [0.2, 0.25) is 5.91 Å². The fourth-order valence-electron chi connectivity index (χ4n) is 2.91. The number of carbonyl (C=O) groups is 1. The standard InChI is InChI=1S/C17H17F3N2O3S2/c18-17(19,20)13-3-1-4-14(11-13)21-16(23)12-6-8-22(9-7-12)27(24,25)15-5-2-10-26-15/h1-5,10-12H,6-9H2,(H,21,23). The molecular formula is C17H17F3N2O3S2. The second kappa shape index (κ2) is 7.61. The van der Waals surface area contributed by atoms with Crippen LogP contribution in [0.4, 0.5) is 18.9 Å². The van der Waals surface area contributed by atoms with Crippen LogP contribution in [0.15, 0.2) is 46.0 Å². The van der Waals surface area contributed by atoms with Crippen LogP contribution >= 0.6 is 11.3 Å². The van der Waals surface area contributed by atoms with Crippen molar-refractivity contribution in [1.29, 1.82) is 0 Å². The molecule has 1 aliphatic heterocycles. The van der Waals surface area contributed by atoms with Crippen LogP contribution in [-0.2, 0) is 21.0 Å². The van der Waals surface area contributed by atoms with Gasteiger partial charge in [-0.05, 0) is 42.5 Å². The van der Waals surface area contributed by atoms with E-state index in [0.29, 0.717) is 12.8 Å². The van der Waals surface area contributed by atoms with Gasteiger partial charge in [-0.2, -0.15) is 17.5 Å². The second-order valence-electron chi connectivity index (χ2n) is 6.18. The van der Waals surface area contributed by atoms with E-state index in [9.17, 15) is 26.4 Å². The van der Waals surface area contributed by atoms with Gasteiger partial charge in [-0.15, -0.1) is 11.3 Å². The highest BCUT2D eigenvalue weighted by Gasteiger charge is 2.33. The topological polar surface area (TPSA) is 66.5 Å². The summed E-state index contributed by atoms with van der Waals surface area (Å²) in [7, 11) is -3.55. The number of hydrogen-bond acceptors (Lipinski definition) is 4. The molecule has 5 nitrogen and oxygen atoms in total. The van der Waals surface area contributed by atoms with Gasteiger partial charge in [0.05, 0.1) is 5.56 Å². The maximum atomic E-state index is 12.8. The third-order valence-corrected chi connectivity index (χ3v) is 7.64. The van der Waals surface area contributed by atoms with Crippen molar-refractivity contribution in [2.75, 3.05) is 18.4 Å². The lowest BCUT2D eigenvalue weighted by Gasteiger charge is -2.30. The van der Waals surface area contributed by atoms with Crippen LogP contribution in [0.25, 0.3) is 0 Å². The van der Waals surface area contributed by atoms with Crippen LogP contribution in [0.3, 0.4) is 0 Å². The zero-order chi connectivity index (χ0) is 19.7. The van der Waals surface area contributed by atoms with Gasteiger partial charge in [0.1, 0.15) is 4.21 Å². The first-order chi connectivity index (χ1) is 12.7. The zero-order valence-electron chi connectivity index (χ0n) is 14.1. The van der Waals surface area contributed by atoms with Crippen LogP contribution in [-0.4, -0.2) is 31.7 Å². The van der Waals surface area contributed by atoms with Crippen molar-refractivity contribution in [3.63, 3.8) is 0 Å². The molecule has 0 bridgehead atoms. The fraction of sp³-hybridized carbons (Fsp3) is 0.353. The number of amides is 1. The zero-order valence-corrected chi connectivity index (χ0v) is 15.7. The van der Waals surface area contributed by atoms with E-state index in [-0.39, 0.29) is 23.0 Å². The number of halogens is 3. The van der Waals surface area contributed by atoms with E-state index in [1.807, 2.05) is 0 Å². The van der Waals surface area contributed by atoms with Crippen LogP contribution in [0.1, 0.15) is 18.4 Å². The normalized spacial score (nSPS) is 17.0. The van der Waals surface area contributed by atoms with Crippen molar-refractivity contribution in [1.82, 2.24) is 4.31 Å². The van der Waals surface area contributed by atoms with Crippen molar-refractivity contribution in [2.24, 2.45) is 5.92 Å². The molecule has 27 heavy (non-hydrogen) atoms. The number of sulfonamides is 1. The highest BCUT2D eigenvalue weighted by Crippen LogP contribution is 2.31. The van der Waals surface area contributed by atoms with Gasteiger partial charge in [-0.3, -0.25) is 4.79 Å². The number of hydrogen-bond donors (Lipinski definition) is 1. The average molecular weight is 418 g/mol. The lowest BCUT2D eigenvalue weighted by Crippen LogP contribution is -2.41. The number of piperidine rings is 1. The maximum Gasteiger partial charge on any atom is 0.416 e. The molecule has 2 aromatic rings.